The lowest BCUT2D eigenvalue weighted by molar-refractivity contribution is -0.142. The minimum atomic E-state index is -0.640. The quantitative estimate of drug-likeness (QED) is 0.331. The molecule has 1 amide bonds. The summed E-state index contributed by atoms with van der Waals surface area (Å²) in [6.45, 7) is 5.44. The van der Waals surface area contributed by atoms with Crippen molar-refractivity contribution in [3.8, 4) is 5.75 Å². The molecule has 3 aromatic carbocycles. The molecule has 0 bridgehead atoms. The molecule has 2 atom stereocenters. The van der Waals surface area contributed by atoms with Crippen LogP contribution in [0.3, 0.4) is 0 Å². The predicted octanol–water partition coefficient (Wildman–Crippen LogP) is 5.84. The Morgan fingerprint density at radius 2 is 1.90 bits per heavy atom. The molecule has 0 unspecified atom stereocenters. The first kappa shape index (κ1) is 25.6. The monoisotopic (exact) mass is 525 g/mol. The molecule has 1 saturated heterocycles. The Balaban J connectivity index is 1.20. The Morgan fingerprint density at radius 1 is 1.05 bits per heavy atom. The van der Waals surface area contributed by atoms with Crippen molar-refractivity contribution in [3.63, 3.8) is 0 Å². The van der Waals surface area contributed by atoms with Gasteiger partial charge >= 0.3 is 5.63 Å². The number of likely N-dealkylation sites (tertiary alicyclic amines) is 1. The van der Waals surface area contributed by atoms with E-state index in [-0.39, 0.29) is 18.2 Å². The van der Waals surface area contributed by atoms with Gasteiger partial charge in [-0.3, -0.25) is 4.79 Å². The van der Waals surface area contributed by atoms with Gasteiger partial charge in [-0.2, -0.15) is 0 Å². The molecule has 1 aliphatic heterocycles. The van der Waals surface area contributed by atoms with Crippen LogP contribution in [0, 0.1) is 19.8 Å². The second kappa shape index (κ2) is 10.2. The van der Waals surface area contributed by atoms with E-state index in [2.05, 4.69) is 31.2 Å². The van der Waals surface area contributed by atoms with Gasteiger partial charge in [-0.15, -0.1) is 0 Å². The highest BCUT2D eigenvalue weighted by molar-refractivity contribution is 5.87. The predicted molar refractivity (Wildman–Crippen MR) is 152 cm³/mol. The summed E-state index contributed by atoms with van der Waals surface area (Å²) in [4.78, 5) is 28.1. The molecular weight excluding hydrogens is 490 g/mol. The number of rotatable bonds is 5. The average molecular weight is 526 g/mol. The molecule has 0 spiro atoms. The fourth-order valence-corrected chi connectivity index (χ4v) is 6.52. The summed E-state index contributed by atoms with van der Waals surface area (Å²) >= 11 is 0. The van der Waals surface area contributed by atoms with Gasteiger partial charge in [0.2, 0.25) is 5.91 Å². The molecule has 1 aromatic heterocycles. The van der Waals surface area contributed by atoms with E-state index < -0.39 is 11.2 Å². The minimum Gasteiger partial charge on any atom is -0.489 e. The van der Waals surface area contributed by atoms with E-state index in [0.29, 0.717) is 43.0 Å². The van der Waals surface area contributed by atoms with Crippen LogP contribution in [-0.2, 0) is 17.8 Å². The van der Waals surface area contributed by atoms with Crippen molar-refractivity contribution in [1.82, 2.24) is 4.90 Å². The number of benzene rings is 3. The number of aryl methyl sites for hydroxylation is 2. The first-order chi connectivity index (χ1) is 18.8. The number of fused-ring (bicyclic) bond motifs is 3. The summed E-state index contributed by atoms with van der Waals surface area (Å²) in [6, 6.07) is 18.0. The van der Waals surface area contributed by atoms with Gasteiger partial charge < -0.3 is 19.2 Å². The van der Waals surface area contributed by atoms with E-state index in [1.54, 1.807) is 6.07 Å². The summed E-state index contributed by atoms with van der Waals surface area (Å²) in [5.41, 5.74) is 2.78. The van der Waals surface area contributed by atoms with Crippen molar-refractivity contribution in [2.24, 2.45) is 5.92 Å². The molecule has 0 radical (unpaired) electrons. The van der Waals surface area contributed by atoms with Gasteiger partial charge in [0.25, 0.3) is 0 Å². The molecule has 2 aliphatic rings. The molecule has 39 heavy (non-hydrogen) atoms. The number of ether oxygens (including phenoxy) is 1. The van der Waals surface area contributed by atoms with Crippen LogP contribution >= 0.6 is 0 Å². The minimum absolute atomic E-state index is 0.00780. The maximum absolute atomic E-state index is 13.2. The summed E-state index contributed by atoms with van der Waals surface area (Å²) in [5, 5.41) is 14.1. The second-order valence-electron chi connectivity index (χ2n) is 11.3. The van der Waals surface area contributed by atoms with Crippen LogP contribution in [-0.4, -0.2) is 34.6 Å². The van der Waals surface area contributed by atoms with Crippen LogP contribution in [0.5, 0.6) is 5.75 Å². The van der Waals surface area contributed by atoms with Gasteiger partial charge in [0.05, 0.1) is 17.6 Å². The number of piperidine rings is 1. The Kier molecular flexibility index (Phi) is 6.67. The summed E-state index contributed by atoms with van der Waals surface area (Å²) in [7, 11) is 0. The fraction of sp³-hybridized carbons (Fsp3) is 0.394. The third kappa shape index (κ3) is 4.82. The van der Waals surface area contributed by atoms with Gasteiger partial charge in [-0.1, -0.05) is 49.2 Å². The van der Waals surface area contributed by atoms with Crippen molar-refractivity contribution in [2.75, 3.05) is 13.1 Å². The molecule has 4 aromatic rings. The Hall–Kier alpha value is -3.64. The van der Waals surface area contributed by atoms with Crippen LogP contribution in [0.1, 0.15) is 54.4 Å². The third-order valence-electron chi connectivity index (χ3n) is 9.03. The normalized spacial score (nSPS) is 21.2. The van der Waals surface area contributed by atoms with Gasteiger partial charge in [-0.05, 0) is 67.1 Å². The summed E-state index contributed by atoms with van der Waals surface area (Å²) < 4.78 is 11.9. The molecule has 202 valence electrons. The molecule has 6 rings (SSSR count). The topological polar surface area (TPSA) is 80.0 Å². The summed E-state index contributed by atoms with van der Waals surface area (Å²) in [6.07, 6.45) is 4.52. The Labute approximate surface area is 228 Å². The van der Waals surface area contributed by atoms with E-state index >= 15 is 0 Å². The van der Waals surface area contributed by atoms with Gasteiger partial charge in [0, 0.05) is 36.0 Å². The third-order valence-corrected chi connectivity index (χ3v) is 9.03. The highest BCUT2D eigenvalue weighted by Gasteiger charge is 2.43. The van der Waals surface area contributed by atoms with Crippen LogP contribution in [0.25, 0.3) is 21.7 Å². The summed E-state index contributed by atoms with van der Waals surface area (Å²) in [5.74, 6) is 0.659. The molecule has 6 nitrogen and oxygen atoms in total. The smallest absolute Gasteiger partial charge is 0.340 e. The maximum atomic E-state index is 13.2. The Bertz CT molecular complexity index is 1620. The zero-order valence-corrected chi connectivity index (χ0v) is 22.7. The maximum Gasteiger partial charge on any atom is 0.340 e. The van der Waals surface area contributed by atoms with Gasteiger partial charge in [-0.25, -0.2) is 4.79 Å². The van der Waals surface area contributed by atoms with E-state index in [1.165, 1.54) is 5.39 Å². The molecule has 2 fully saturated rings. The van der Waals surface area contributed by atoms with Crippen LogP contribution in [0.2, 0.25) is 0 Å². The molecule has 2 heterocycles. The number of carbonyl (C=O) groups excluding carboxylic acids is 1. The van der Waals surface area contributed by atoms with E-state index in [4.69, 9.17) is 9.15 Å². The van der Waals surface area contributed by atoms with Crippen molar-refractivity contribution in [3.05, 3.63) is 87.3 Å². The zero-order chi connectivity index (χ0) is 27.1. The molecule has 1 N–H and O–H groups in total. The zero-order valence-electron chi connectivity index (χ0n) is 22.7. The Morgan fingerprint density at radius 3 is 2.77 bits per heavy atom. The molecule has 6 heteroatoms. The largest absolute Gasteiger partial charge is 0.489 e. The number of aliphatic hydroxyl groups is 1. The van der Waals surface area contributed by atoms with Crippen LogP contribution in [0.4, 0.5) is 0 Å². The van der Waals surface area contributed by atoms with E-state index in [0.717, 1.165) is 53.1 Å². The lowest BCUT2D eigenvalue weighted by atomic mass is 9.71. The average Bonchev–Trinajstić information content (AvgIpc) is 2.94. The van der Waals surface area contributed by atoms with Crippen molar-refractivity contribution in [1.29, 1.82) is 0 Å². The highest BCUT2D eigenvalue weighted by atomic mass is 16.5. The fourth-order valence-electron chi connectivity index (χ4n) is 6.52. The van der Waals surface area contributed by atoms with Crippen LogP contribution < -0.4 is 10.4 Å². The number of nitrogens with zero attached hydrogens (tertiary/aromatic N) is 1. The van der Waals surface area contributed by atoms with Crippen molar-refractivity contribution < 1.29 is 19.1 Å². The molecule has 1 saturated carbocycles. The molecule has 1 aliphatic carbocycles. The molecular formula is C33H35NO5. The first-order valence-corrected chi connectivity index (χ1v) is 14.0. The van der Waals surface area contributed by atoms with Crippen LogP contribution in [0.15, 0.2) is 63.8 Å². The number of hydrogen-bond acceptors (Lipinski definition) is 5. The SMILES string of the molecule is Cc1ccc2ccccc2c1COc1ccc2c(C)c(CC(=O)N3CC[C@]4(O)CCCC[C@@H]4C3)c(=O)oc2c1. The second-order valence-corrected chi connectivity index (χ2v) is 11.3. The first-order valence-electron chi connectivity index (χ1n) is 14.0. The van der Waals surface area contributed by atoms with E-state index in [1.807, 2.05) is 36.1 Å². The lowest BCUT2D eigenvalue weighted by Gasteiger charge is -2.47. The van der Waals surface area contributed by atoms with Gasteiger partial charge in [0.1, 0.15) is 17.9 Å². The van der Waals surface area contributed by atoms with Crippen molar-refractivity contribution in [2.45, 2.75) is 64.6 Å². The van der Waals surface area contributed by atoms with Crippen molar-refractivity contribution >= 4 is 27.6 Å². The van der Waals surface area contributed by atoms with E-state index in [9.17, 15) is 14.7 Å². The standard InChI is InChI=1S/C33H35NO5/c1-21-10-11-23-7-3-4-9-27(23)29(21)20-38-25-12-13-26-22(2)28(32(36)39-30(26)17-25)18-31(35)34-16-15-33(37)14-6-5-8-24(33)19-34/h3-4,7,9-13,17,24,37H,5-6,8,14-16,18-20H2,1-2H3/t24-,33-/m1/s1. The number of amides is 1. The number of hydrogen-bond donors (Lipinski definition) is 1. The lowest BCUT2D eigenvalue weighted by Crippen LogP contribution is -2.55. The highest BCUT2D eigenvalue weighted by Crippen LogP contribution is 2.40. The number of carbonyl (C=O) groups is 1. The van der Waals surface area contributed by atoms with Gasteiger partial charge in [0.15, 0.2) is 0 Å².